The molecule has 13 heavy (non-hydrogen) atoms. The molecule has 0 amide bonds. The van der Waals surface area contributed by atoms with Crippen molar-refractivity contribution < 1.29 is 0 Å². The van der Waals surface area contributed by atoms with Gasteiger partial charge >= 0.3 is 0 Å². The minimum absolute atomic E-state index is 0.454. The van der Waals surface area contributed by atoms with Crippen LogP contribution in [0.3, 0.4) is 0 Å². The Bertz CT molecular complexity index is 177. The number of hydrogen-bond donors (Lipinski definition) is 1. The van der Waals surface area contributed by atoms with Crippen LogP contribution in [0.5, 0.6) is 0 Å². The standard InChI is InChI=1S/C10H21N3/c1-8-5-10(3-4-12(8)2)13-6-9(11)7-13/h8-10H,3-7,11H2,1-2H3. The molecule has 0 radical (unpaired) electrons. The van der Waals surface area contributed by atoms with Crippen LogP contribution in [-0.4, -0.2) is 54.6 Å². The summed E-state index contributed by atoms with van der Waals surface area (Å²) in [5, 5.41) is 0. The third-order valence-electron chi connectivity index (χ3n) is 3.64. The summed E-state index contributed by atoms with van der Waals surface area (Å²) in [6.07, 6.45) is 2.65. The van der Waals surface area contributed by atoms with Gasteiger partial charge in [0.1, 0.15) is 0 Å². The third kappa shape index (κ3) is 1.87. The van der Waals surface area contributed by atoms with Gasteiger partial charge in [0, 0.05) is 31.2 Å². The topological polar surface area (TPSA) is 32.5 Å². The molecule has 2 N–H and O–H groups in total. The van der Waals surface area contributed by atoms with Crippen LogP contribution in [0, 0.1) is 0 Å². The highest BCUT2D eigenvalue weighted by Crippen LogP contribution is 2.23. The highest BCUT2D eigenvalue weighted by Gasteiger charge is 2.33. The number of piperidine rings is 1. The molecule has 0 saturated carbocycles. The first-order valence-corrected chi connectivity index (χ1v) is 5.36. The Labute approximate surface area is 80.9 Å². The van der Waals surface area contributed by atoms with Gasteiger partial charge in [-0.15, -0.1) is 0 Å². The van der Waals surface area contributed by atoms with Gasteiger partial charge in [0.05, 0.1) is 0 Å². The summed E-state index contributed by atoms with van der Waals surface area (Å²) < 4.78 is 0. The molecule has 0 bridgehead atoms. The molecule has 0 aliphatic carbocycles. The molecule has 2 atom stereocenters. The van der Waals surface area contributed by atoms with Crippen molar-refractivity contribution in [3.8, 4) is 0 Å². The molecule has 2 rings (SSSR count). The van der Waals surface area contributed by atoms with Gasteiger partial charge in [0.2, 0.25) is 0 Å². The number of hydrogen-bond acceptors (Lipinski definition) is 3. The smallest absolute Gasteiger partial charge is 0.0297 e. The van der Waals surface area contributed by atoms with Gasteiger partial charge in [-0.1, -0.05) is 0 Å². The predicted octanol–water partition coefficient (Wildman–Crippen LogP) is 0.112. The molecular formula is C10H21N3. The molecule has 0 aromatic carbocycles. The average Bonchev–Trinajstić information content (AvgIpc) is 2.05. The highest BCUT2D eigenvalue weighted by atomic mass is 15.3. The zero-order valence-electron chi connectivity index (χ0n) is 8.74. The van der Waals surface area contributed by atoms with E-state index in [9.17, 15) is 0 Å². The summed E-state index contributed by atoms with van der Waals surface area (Å²) in [5.74, 6) is 0. The summed E-state index contributed by atoms with van der Waals surface area (Å²) in [6, 6.07) is 2.01. The van der Waals surface area contributed by atoms with Crippen LogP contribution >= 0.6 is 0 Å². The van der Waals surface area contributed by atoms with Crippen molar-refractivity contribution in [3.63, 3.8) is 0 Å². The lowest BCUT2D eigenvalue weighted by molar-refractivity contribution is 0.0360. The van der Waals surface area contributed by atoms with Crippen LogP contribution < -0.4 is 5.73 Å². The van der Waals surface area contributed by atoms with Crippen molar-refractivity contribution in [2.75, 3.05) is 26.7 Å². The minimum Gasteiger partial charge on any atom is -0.325 e. The lowest BCUT2D eigenvalue weighted by Crippen LogP contribution is -2.61. The van der Waals surface area contributed by atoms with Gasteiger partial charge in [0.25, 0.3) is 0 Å². The summed E-state index contributed by atoms with van der Waals surface area (Å²) in [5.41, 5.74) is 5.79. The Morgan fingerprint density at radius 1 is 1.31 bits per heavy atom. The van der Waals surface area contributed by atoms with Crippen molar-refractivity contribution in [3.05, 3.63) is 0 Å². The van der Waals surface area contributed by atoms with Crippen LogP contribution in [0.2, 0.25) is 0 Å². The maximum Gasteiger partial charge on any atom is 0.0297 e. The SMILES string of the molecule is CC1CC(N2CC(N)C2)CCN1C. The van der Waals surface area contributed by atoms with Gasteiger partial charge in [-0.2, -0.15) is 0 Å². The zero-order chi connectivity index (χ0) is 9.42. The van der Waals surface area contributed by atoms with Gasteiger partial charge in [-0.05, 0) is 33.4 Å². The molecule has 3 nitrogen and oxygen atoms in total. The Balaban J connectivity index is 1.82. The fourth-order valence-corrected chi connectivity index (χ4v) is 2.44. The molecule has 3 heteroatoms. The van der Waals surface area contributed by atoms with E-state index in [2.05, 4.69) is 23.8 Å². The predicted molar refractivity (Wildman–Crippen MR) is 54.7 cm³/mol. The number of likely N-dealkylation sites (tertiary alicyclic amines) is 2. The van der Waals surface area contributed by atoms with E-state index in [0.29, 0.717) is 6.04 Å². The van der Waals surface area contributed by atoms with Crippen LogP contribution in [-0.2, 0) is 0 Å². The van der Waals surface area contributed by atoms with Crippen molar-refractivity contribution >= 4 is 0 Å². The lowest BCUT2D eigenvalue weighted by Gasteiger charge is -2.47. The van der Waals surface area contributed by atoms with E-state index in [1.165, 1.54) is 19.4 Å². The maximum atomic E-state index is 5.79. The highest BCUT2D eigenvalue weighted by molar-refractivity contribution is 4.91. The molecule has 2 heterocycles. The van der Waals surface area contributed by atoms with Crippen molar-refractivity contribution in [1.82, 2.24) is 9.80 Å². The van der Waals surface area contributed by atoms with Crippen molar-refractivity contribution in [2.24, 2.45) is 5.73 Å². The Morgan fingerprint density at radius 3 is 2.54 bits per heavy atom. The first-order chi connectivity index (χ1) is 6.16. The van der Waals surface area contributed by atoms with E-state index >= 15 is 0 Å². The van der Waals surface area contributed by atoms with Gasteiger partial charge in [-0.3, -0.25) is 4.90 Å². The fraction of sp³-hybridized carbons (Fsp3) is 1.00. The second-order valence-corrected chi connectivity index (χ2v) is 4.72. The van der Waals surface area contributed by atoms with Crippen molar-refractivity contribution in [1.29, 1.82) is 0 Å². The van der Waals surface area contributed by atoms with E-state index in [4.69, 9.17) is 5.73 Å². The first kappa shape index (κ1) is 9.44. The Hall–Kier alpha value is -0.120. The molecule has 0 spiro atoms. The monoisotopic (exact) mass is 183 g/mol. The number of rotatable bonds is 1. The normalized spacial score (nSPS) is 39.0. The second-order valence-electron chi connectivity index (χ2n) is 4.72. The largest absolute Gasteiger partial charge is 0.325 e. The molecule has 2 saturated heterocycles. The first-order valence-electron chi connectivity index (χ1n) is 5.36. The molecule has 0 aromatic rings. The van der Waals surface area contributed by atoms with Crippen LogP contribution in [0.4, 0.5) is 0 Å². The summed E-state index contributed by atoms with van der Waals surface area (Å²) >= 11 is 0. The average molecular weight is 183 g/mol. The van der Waals surface area contributed by atoms with Crippen LogP contribution in [0.15, 0.2) is 0 Å². The Kier molecular flexibility index (Phi) is 2.58. The maximum absolute atomic E-state index is 5.79. The fourth-order valence-electron chi connectivity index (χ4n) is 2.44. The van der Waals surface area contributed by atoms with E-state index in [0.717, 1.165) is 25.2 Å². The summed E-state index contributed by atoms with van der Waals surface area (Å²) in [7, 11) is 2.22. The molecule has 2 aliphatic rings. The Morgan fingerprint density at radius 2 is 2.00 bits per heavy atom. The number of nitrogens with zero attached hydrogens (tertiary/aromatic N) is 2. The summed E-state index contributed by atoms with van der Waals surface area (Å²) in [4.78, 5) is 5.00. The van der Waals surface area contributed by atoms with Crippen LogP contribution in [0.1, 0.15) is 19.8 Å². The molecule has 2 fully saturated rings. The molecule has 2 aliphatic heterocycles. The van der Waals surface area contributed by atoms with Gasteiger partial charge < -0.3 is 10.6 Å². The zero-order valence-corrected chi connectivity index (χ0v) is 8.74. The van der Waals surface area contributed by atoms with E-state index in [1.807, 2.05) is 0 Å². The molecule has 76 valence electrons. The van der Waals surface area contributed by atoms with Crippen molar-refractivity contribution in [2.45, 2.75) is 37.9 Å². The van der Waals surface area contributed by atoms with Crippen LogP contribution in [0.25, 0.3) is 0 Å². The third-order valence-corrected chi connectivity index (χ3v) is 3.64. The van der Waals surface area contributed by atoms with E-state index < -0.39 is 0 Å². The van der Waals surface area contributed by atoms with Gasteiger partial charge in [-0.25, -0.2) is 0 Å². The second kappa shape index (κ2) is 3.56. The number of nitrogens with two attached hydrogens (primary N) is 1. The van der Waals surface area contributed by atoms with E-state index in [1.54, 1.807) is 0 Å². The molecule has 0 aromatic heterocycles. The summed E-state index contributed by atoms with van der Waals surface area (Å²) in [6.45, 7) is 5.83. The molecule has 2 unspecified atom stereocenters. The van der Waals surface area contributed by atoms with E-state index in [-0.39, 0.29) is 0 Å². The minimum atomic E-state index is 0.454. The molecular weight excluding hydrogens is 162 g/mol. The lowest BCUT2D eigenvalue weighted by atomic mass is 9.94. The quantitative estimate of drug-likeness (QED) is 0.626. The van der Waals surface area contributed by atoms with Gasteiger partial charge in [0.15, 0.2) is 0 Å².